The number of Topliss-reactive ketones (excluding diaryl/α,β-unsaturated/α-hetero) is 1. The minimum absolute atomic E-state index is 0.0427. The van der Waals surface area contributed by atoms with E-state index in [-0.39, 0.29) is 23.2 Å². The number of aromatic carboxylic acids is 1. The van der Waals surface area contributed by atoms with Crippen LogP contribution in [0.15, 0.2) is 152 Å². The number of unbranched alkanes of at least 4 members (excludes halogenated alkanes) is 5. The molecule has 15 heteroatoms. The maximum atomic E-state index is 15.2. The Balaban J connectivity index is 1.06. The minimum Gasteiger partial charge on any atom is -0.494 e. The number of nitrogens with zero attached hydrogens (tertiary/aromatic N) is 7. The van der Waals surface area contributed by atoms with Crippen LogP contribution in [0.1, 0.15) is 171 Å². The first-order valence-corrected chi connectivity index (χ1v) is 30.9. The Labute approximate surface area is 507 Å². The van der Waals surface area contributed by atoms with Gasteiger partial charge in [-0.1, -0.05) is 125 Å². The lowest BCUT2D eigenvalue weighted by molar-refractivity contribution is -0.139. The van der Waals surface area contributed by atoms with Crippen molar-refractivity contribution in [1.82, 2.24) is 34.6 Å². The third-order valence-electron chi connectivity index (χ3n) is 15.7. The first-order chi connectivity index (χ1) is 41.4. The monoisotopic (exact) mass is 1170 g/mol. The summed E-state index contributed by atoms with van der Waals surface area (Å²) in [5.74, 6) is 0.482. The third kappa shape index (κ3) is 20.3. The normalized spacial score (nSPS) is 13.0. The summed E-state index contributed by atoms with van der Waals surface area (Å²) < 4.78 is 6.78. The molecule has 0 saturated heterocycles. The third-order valence-corrected chi connectivity index (χ3v) is 15.9. The zero-order valence-corrected chi connectivity index (χ0v) is 50.4. The topological polar surface area (TPSA) is 171 Å². The summed E-state index contributed by atoms with van der Waals surface area (Å²) in [6, 6.07) is 44.6. The van der Waals surface area contributed by atoms with Crippen LogP contribution in [0.25, 0.3) is 0 Å². The van der Waals surface area contributed by atoms with Crippen molar-refractivity contribution in [2.24, 2.45) is 0 Å². The van der Waals surface area contributed by atoms with Crippen LogP contribution in [0, 0.1) is 0 Å². The molecule has 446 valence electrons. The molecule has 0 atom stereocenters. The number of rotatable bonds is 34. The van der Waals surface area contributed by atoms with Gasteiger partial charge in [0.15, 0.2) is 0 Å². The molecule has 4 aromatic heterocycles. The van der Waals surface area contributed by atoms with Crippen molar-refractivity contribution in [3.8, 4) is 5.75 Å². The first-order valence-electron chi connectivity index (χ1n) is 30.5. The molecule has 0 aliphatic heterocycles. The van der Waals surface area contributed by atoms with Gasteiger partial charge in [-0.2, -0.15) is 0 Å². The number of ketones is 1. The van der Waals surface area contributed by atoms with Crippen LogP contribution in [0.5, 0.6) is 5.75 Å². The van der Waals surface area contributed by atoms with Crippen LogP contribution >= 0.6 is 11.6 Å². The number of nitrogens with one attached hydrogen (secondary N) is 1. The summed E-state index contributed by atoms with van der Waals surface area (Å²) in [7, 11) is 0. The van der Waals surface area contributed by atoms with E-state index >= 15 is 4.79 Å². The molecule has 0 spiro atoms. The number of amides is 2. The van der Waals surface area contributed by atoms with E-state index in [2.05, 4.69) is 47.2 Å². The molecule has 1 saturated carbocycles. The van der Waals surface area contributed by atoms with Crippen molar-refractivity contribution in [3.63, 3.8) is 0 Å². The van der Waals surface area contributed by atoms with Crippen molar-refractivity contribution >= 4 is 41.0 Å². The lowest BCUT2D eigenvalue weighted by Gasteiger charge is -2.40. The average Bonchev–Trinajstić information content (AvgIpc) is 3.70. The Kier molecular flexibility index (Phi) is 24.7. The van der Waals surface area contributed by atoms with Crippen LogP contribution < -0.4 is 10.1 Å². The summed E-state index contributed by atoms with van der Waals surface area (Å²) in [5.41, 5.74) is 7.65. The number of pyridine rings is 4. The van der Waals surface area contributed by atoms with Crippen LogP contribution in [-0.4, -0.2) is 76.5 Å². The minimum atomic E-state index is -0.995. The molecular weight excluding hydrogens is 1080 g/mol. The fraction of sp³-hybridized carbons (Fsp3) is 0.400. The highest BCUT2D eigenvalue weighted by Crippen LogP contribution is 2.42. The van der Waals surface area contributed by atoms with E-state index in [1.54, 1.807) is 30.5 Å². The van der Waals surface area contributed by atoms with E-state index in [9.17, 15) is 19.5 Å². The van der Waals surface area contributed by atoms with Gasteiger partial charge in [0, 0.05) is 94.7 Å². The fourth-order valence-corrected chi connectivity index (χ4v) is 11.5. The number of benzene rings is 3. The highest BCUT2D eigenvalue weighted by atomic mass is 35.5. The second-order valence-electron chi connectivity index (χ2n) is 22.7. The Morgan fingerprint density at radius 3 is 1.78 bits per heavy atom. The van der Waals surface area contributed by atoms with E-state index in [1.807, 2.05) is 108 Å². The molecule has 0 unspecified atom stereocenters. The number of carboxylic acid groups (broad SMARTS) is 1. The standard InChI is InChI=1S/C70H83ClN8O6/c1-3-5-8-25-64(80)45-59-22-18-23-62(74-59)51-77(49-60-20-10-14-38-72-60)46-54-42-55(47-78(50-61-21-11-15-39-73-61)52-63-24-19-26-66(75-63)76-67(81)27-9-6-4-2)44-65(43-54)85-41-17-16-40-79(48-53-28-30-56(31-29-53)68(82)83)69(84)70(36-12-7-13-37-70)57-32-34-58(71)35-33-57/h10-11,14-15,18-24,26,28-35,38-39,42-44H,3-9,12-13,16-17,25,27,36-37,40-41,45-52H2,1-2H3,(H,82,83)(H,75,76,81). The van der Waals surface area contributed by atoms with Gasteiger partial charge in [-0.25, -0.2) is 9.78 Å². The molecule has 14 nitrogen and oxygen atoms in total. The summed E-state index contributed by atoms with van der Waals surface area (Å²) in [6.45, 7) is 8.60. The van der Waals surface area contributed by atoms with Gasteiger partial charge in [0.1, 0.15) is 17.4 Å². The summed E-state index contributed by atoms with van der Waals surface area (Å²) in [4.78, 5) is 78.9. The number of carbonyl (C=O) groups excluding carboxylic acids is 3. The number of carbonyl (C=O) groups is 4. The van der Waals surface area contributed by atoms with Crippen molar-refractivity contribution in [1.29, 1.82) is 0 Å². The van der Waals surface area contributed by atoms with E-state index < -0.39 is 11.4 Å². The van der Waals surface area contributed by atoms with Gasteiger partial charge in [0.05, 0.1) is 40.4 Å². The maximum Gasteiger partial charge on any atom is 0.335 e. The smallest absolute Gasteiger partial charge is 0.335 e. The zero-order chi connectivity index (χ0) is 59.6. The van der Waals surface area contributed by atoms with Crippen LogP contribution in [-0.2, 0) is 72.0 Å². The summed E-state index contributed by atoms with van der Waals surface area (Å²) >= 11 is 6.38. The molecule has 7 aromatic rings. The average molecular weight is 1170 g/mol. The molecule has 85 heavy (non-hydrogen) atoms. The zero-order valence-electron chi connectivity index (χ0n) is 49.6. The molecule has 4 heterocycles. The number of halogens is 1. The van der Waals surface area contributed by atoms with Crippen molar-refractivity contribution in [3.05, 3.63) is 213 Å². The molecule has 2 amide bonds. The molecule has 2 N–H and O–H groups in total. The summed E-state index contributed by atoms with van der Waals surface area (Å²) in [5, 5.41) is 13.3. The van der Waals surface area contributed by atoms with Crippen LogP contribution in [0.4, 0.5) is 5.82 Å². The van der Waals surface area contributed by atoms with Crippen LogP contribution in [0.2, 0.25) is 5.02 Å². The maximum absolute atomic E-state index is 15.2. The SMILES string of the molecule is CCCCCC(=O)Cc1cccc(CN(Cc2cc(CN(Cc3ccccn3)Cc3cccc(NC(=O)CCCCC)n3)cc(OCCCCN(Cc3ccc(C(=O)O)cc3)C(=O)C3(c4ccc(Cl)cc4)CCCCC3)c2)Cc2ccccn2)n1. The molecular formula is C70H83ClN8O6. The van der Waals surface area contributed by atoms with Gasteiger partial charge in [-0.15, -0.1) is 0 Å². The second kappa shape index (κ2) is 33.2. The number of hydrogen-bond acceptors (Lipinski definition) is 11. The molecule has 1 fully saturated rings. The second-order valence-corrected chi connectivity index (χ2v) is 23.1. The number of ether oxygens (including phenoxy) is 1. The first kappa shape index (κ1) is 63.4. The number of anilines is 1. The van der Waals surface area contributed by atoms with Crippen molar-refractivity contribution in [2.75, 3.05) is 18.5 Å². The van der Waals surface area contributed by atoms with Crippen LogP contribution in [0.3, 0.4) is 0 Å². The number of aromatic nitrogens is 4. The summed E-state index contributed by atoms with van der Waals surface area (Å²) in [6.07, 6.45) is 16.6. The van der Waals surface area contributed by atoms with E-state index in [1.165, 1.54) is 0 Å². The molecule has 1 aliphatic carbocycles. The van der Waals surface area contributed by atoms with Crippen molar-refractivity contribution in [2.45, 2.75) is 168 Å². The molecule has 8 rings (SSSR count). The molecule has 0 bridgehead atoms. The Morgan fingerprint density at radius 1 is 0.576 bits per heavy atom. The lowest BCUT2D eigenvalue weighted by Crippen LogP contribution is -2.48. The largest absolute Gasteiger partial charge is 0.494 e. The van der Waals surface area contributed by atoms with Gasteiger partial charge in [0.2, 0.25) is 11.8 Å². The van der Waals surface area contributed by atoms with Crippen molar-refractivity contribution < 1.29 is 29.0 Å². The lowest BCUT2D eigenvalue weighted by atomic mass is 9.68. The Bertz CT molecular complexity index is 3080. The Hall–Kier alpha value is -7.65. The molecule has 0 radical (unpaired) electrons. The highest BCUT2D eigenvalue weighted by Gasteiger charge is 2.43. The van der Waals surface area contributed by atoms with Gasteiger partial charge in [-0.3, -0.25) is 39.1 Å². The van der Waals surface area contributed by atoms with E-state index in [4.69, 9.17) is 36.3 Å². The Morgan fingerprint density at radius 2 is 1.16 bits per heavy atom. The molecule has 3 aromatic carbocycles. The van der Waals surface area contributed by atoms with E-state index in [0.29, 0.717) is 108 Å². The van der Waals surface area contributed by atoms with E-state index in [0.717, 1.165) is 121 Å². The number of hydrogen-bond donors (Lipinski definition) is 2. The van der Waals surface area contributed by atoms with Gasteiger partial charge < -0.3 is 20.1 Å². The van der Waals surface area contributed by atoms with Gasteiger partial charge in [0.25, 0.3) is 0 Å². The quantitative estimate of drug-likeness (QED) is 0.0366. The highest BCUT2D eigenvalue weighted by molar-refractivity contribution is 6.30. The molecule has 1 aliphatic rings. The number of carboxylic acids is 1. The van der Waals surface area contributed by atoms with Gasteiger partial charge >= 0.3 is 5.97 Å². The predicted molar refractivity (Wildman–Crippen MR) is 335 cm³/mol. The van der Waals surface area contributed by atoms with Gasteiger partial charge in [-0.05, 0) is 146 Å². The predicted octanol–water partition coefficient (Wildman–Crippen LogP) is 14.3. The fourth-order valence-electron chi connectivity index (χ4n) is 11.4.